The van der Waals surface area contributed by atoms with Gasteiger partial charge in [0.2, 0.25) is 0 Å². The zero-order chi connectivity index (χ0) is 21.4. The first kappa shape index (κ1) is 22.4. The summed E-state index contributed by atoms with van der Waals surface area (Å²) in [4.78, 5) is 16.3. The highest BCUT2D eigenvalue weighted by Gasteiger charge is 2.19. The highest BCUT2D eigenvalue weighted by Crippen LogP contribution is 2.23. The van der Waals surface area contributed by atoms with Crippen molar-refractivity contribution < 1.29 is 9.47 Å². The van der Waals surface area contributed by atoms with Crippen molar-refractivity contribution in [2.75, 3.05) is 0 Å². The first-order valence-corrected chi connectivity index (χ1v) is 9.80. The number of halogens is 1. The number of aromatic nitrogens is 3. The lowest BCUT2D eigenvalue weighted by atomic mass is 10.1. The molecule has 0 aliphatic carbocycles. The minimum Gasteiger partial charge on any atom is -0.485 e. The number of hydrogen-bond donors (Lipinski definition) is 0. The Balaban J connectivity index is 0.00000145. The van der Waals surface area contributed by atoms with Crippen LogP contribution in [0.2, 0.25) is 5.02 Å². The van der Waals surface area contributed by atoms with Crippen LogP contribution in [-0.4, -0.2) is 14.8 Å². The average Bonchev–Trinajstić information content (AvgIpc) is 2.71. The molecular weight excluding hydrogens is 390 g/mol. The number of ether oxygens (including phenoxy) is 2. The molecular formula is C22H26ClN3O3. The van der Waals surface area contributed by atoms with E-state index in [-0.39, 0.29) is 22.9 Å². The summed E-state index contributed by atoms with van der Waals surface area (Å²) >= 11 is 6.16. The molecule has 0 radical (unpaired) electrons. The molecule has 3 aromatic rings. The Kier molecular flexibility index (Phi) is 7.79. The monoisotopic (exact) mass is 415 g/mol. The maximum absolute atomic E-state index is 12.3. The maximum Gasteiger partial charge on any atom is 0.289 e. The molecule has 3 rings (SSSR count). The number of pyridine rings is 1. The van der Waals surface area contributed by atoms with Crippen LogP contribution in [0, 0.1) is 0 Å². The molecule has 2 heterocycles. The quantitative estimate of drug-likeness (QED) is 0.554. The summed E-state index contributed by atoms with van der Waals surface area (Å²) in [5.74, 6) is 1.62. The normalized spacial score (nSPS) is 10.7. The van der Waals surface area contributed by atoms with Crippen molar-refractivity contribution in [3.63, 3.8) is 0 Å². The van der Waals surface area contributed by atoms with Crippen LogP contribution in [0.15, 0.2) is 59.8 Å². The van der Waals surface area contributed by atoms with Crippen LogP contribution < -0.4 is 15.0 Å². The van der Waals surface area contributed by atoms with E-state index in [0.717, 1.165) is 5.56 Å². The van der Waals surface area contributed by atoms with Gasteiger partial charge < -0.3 is 9.47 Å². The van der Waals surface area contributed by atoms with Gasteiger partial charge in [0.25, 0.3) is 5.56 Å². The van der Waals surface area contributed by atoms with E-state index in [2.05, 4.69) is 10.1 Å². The van der Waals surface area contributed by atoms with Crippen molar-refractivity contribution in [1.82, 2.24) is 14.8 Å². The van der Waals surface area contributed by atoms with Gasteiger partial charge in [-0.3, -0.25) is 9.78 Å². The molecule has 0 atom stereocenters. The van der Waals surface area contributed by atoms with E-state index in [1.807, 2.05) is 71.0 Å². The molecule has 154 valence electrons. The molecule has 2 aromatic heterocycles. The predicted molar refractivity (Wildman–Crippen MR) is 115 cm³/mol. The fourth-order valence-electron chi connectivity index (χ4n) is 2.35. The van der Waals surface area contributed by atoms with Gasteiger partial charge in [0.05, 0.1) is 17.9 Å². The second-order valence-electron chi connectivity index (χ2n) is 6.93. The average molecular weight is 416 g/mol. The predicted octanol–water partition coefficient (Wildman–Crippen LogP) is 5.44. The molecule has 0 unspecified atom stereocenters. The Morgan fingerprint density at radius 2 is 1.72 bits per heavy atom. The standard InChI is InChI=1S/C20H20ClN3O3.C2H6/c1-20(2,3)24-19(25)18(21)17(12-23-24)26-13-14-6-8-15(9-7-14)27-16-5-4-10-22-11-16;1-2/h4-12H,13H2,1-3H3;1-2H3. The van der Waals surface area contributed by atoms with E-state index in [1.54, 1.807) is 12.4 Å². The smallest absolute Gasteiger partial charge is 0.289 e. The van der Waals surface area contributed by atoms with E-state index >= 15 is 0 Å². The third kappa shape index (κ3) is 6.06. The lowest BCUT2D eigenvalue weighted by Gasteiger charge is -2.21. The van der Waals surface area contributed by atoms with E-state index < -0.39 is 5.54 Å². The Bertz CT molecular complexity index is 965. The van der Waals surface area contributed by atoms with Gasteiger partial charge in [-0.2, -0.15) is 5.10 Å². The lowest BCUT2D eigenvalue weighted by molar-refractivity contribution is 0.292. The van der Waals surface area contributed by atoms with Crippen molar-refractivity contribution in [3.05, 3.63) is 75.9 Å². The van der Waals surface area contributed by atoms with E-state index in [1.165, 1.54) is 10.9 Å². The molecule has 0 saturated carbocycles. The van der Waals surface area contributed by atoms with Gasteiger partial charge in [-0.1, -0.05) is 37.6 Å². The minimum atomic E-state index is -0.455. The number of rotatable bonds is 5. The van der Waals surface area contributed by atoms with Gasteiger partial charge in [0.1, 0.15) is 18.1 Å². The molecule has 0 fully saturated rings. The Hall–Kier alpha value is -2.86. The molecule has 1 aromatic carbocycles. The largest absolute Gasteiger partial charge is 0.485 e. The van der Waals surface area contributed by atoms with Gasteiger partial charge in [-0.15, -0.1) is 0 Å². The molecule has 6 nitrogen and oxygen atoms in total. The van der Waals surface area contributed by atoms with Gasteiger partial charge >= 0.3 is 0 Å². The maximum atomic E-state index is 12.3. The fourth-order valence-corrected chi connectivity index (χ4v) is 2.54. The first-order valence-electron chi connectivity index (χ1n) is 9.42. The van der Waals surface area contributed by atoms with E-state index in [4.69, 9.17) is 21.1 Å². The van der Waals surface area contributed by atoms with Crippen LogP contribution in [0.4, 0.5) is 0 Å². The molecule has 0 spiro atoms. The Labute approximate surface area is 176 Å². The summed E-state index contributed by atoms with van der Waals surface area (Å²) in [5.41, 5.74) is 0.0788. The van der Waals surface area contributed by atoms with Crippen molar-refractivity contribution in [2.45, 2.75) is 46.8 Å². The van der Waals surface area contributed by atoms with E-state index in [9.17, 15) is 4.79 Å². The highest BCUT2D eigenvalue weighted by atomic mass is 35.5. The summed E-state index contributed by atoms with van der Waals surface area (Å²) in [7, 11) is 0. The summed E-state index contributed by atoms with van der Waals surface area (Å²) in [5, 5.41) is 4.18. The van der Waals surface area contributed by atoms with Gasteiger partial charge in [0, 0.05) is 6.20 Å². The molecule has 0 aliphatic rings. The molecule has 0 bridgehead atoms. The summed E-state index contributed by atoms with van der Waals surface area (Å²) < 4.78 is 12.7. The first-order chi connectivity index (χ1) is 13.8. The van der Waals surface area contributed by atoms with Crippen LogP contribution in [-0.2, 0) is 12.1 Å². The molecule has 29 heavy (non-hydrogen) atoms. The molecule has 7 heteroatoms. The topological polar surface area (TPSA) is 66.2 Å². The van der Waals surface area contributed by atoms with Crippen molar-refractivity contribution in [3.8, 4) is 17.2 Å². The van der Waals surface area contributed by atoms with Crippen LogP contribution >= 0.6 is 11.6 Å². The Morgan fingerprint density at radius 1 is 1.03 bits per heavy atom. The van der Waals surface area contributed by atoms with Gasteiger partial charge in [0.15, 0.2) is 10.8 Å². The molecule has 0 aliphatic heterocycles. The van der Waals surface area contributed by atoms with Crippen LogP contribution in [0.25, 0.3) is 0 Å². The molecule has 0 N–H and O–H groups in total. The summed E-state index contributed by atoms with van der Waals surface area (Å²) in [6.45, 7) is 9.90. The minimum absolute atomic E-state index is 0.0245. The lowest BCUT2D eigenvalue weighted by Crippen LogP contribution is -2.36. The third-order valence-electron chi connectivity index (χ3n) is 3.71. The second kappa shape index (κ2) is 10.1. The van der Waals surface area contributed by atoms with Crippen molar-refractivity contribution in [2.24, 2.45) is 0 Å². The number of benzene rings is 1. The SMILES string of the molecule is CC.CC(C)(C)n1ncc(OCc2ccc(Oc3cccnc3)cc2)c(Cl)c1=O. The van der Waals surface area contributed by atoms with Crippen molar-refractivity contribution >= 4 is 11.6 Å². The van der Waals surface area contributed by atoms with Crippen molar-refractivity contribution in [1.29, 1.82) is 0 Å². The molecule has 0 saturated heterocycles. The summed E-state index contributed by atoms with van der Waals surface area (Å²) in [6, 6.07) is 11.1. The van der Waals surface area contributed by atoms with Gasteiger partial charge in [-0.25, -0.2) is 4.68 Å². The van der Waals surface area contributed by atoms with Crippen LogP contribution in [0.3, 0.4) is 0 Å². The highest BCUT2D eigenvalue weighted by molar-refractivity contribution is 6.31. The fraction of sp³-hybridized carbons (Fsp3) is 0.318. The molecule has 0 amide bonds. The van der Waals surface area contributed by atoms with E-state index in [0.29, 0.717) is 11.5 Å². The summed E-state index contributed by atoms with van der Waals surface area (Å²) in [6.07, 6.45) is 4.80. The van der Waals surface area contributed by atoms with Crippen LogP contribution in [0.1, 0.15) is 40.2 Å². The third-order valence-corrected chi connectivity index (χ3v) is 4.06. The number of nitrogens with zero attached hydrogens (tertiary/aromatic N) is 3. The second-order valence-corrected chi connectivity index (χ2v) is 7.31. The van der Waals surface area contributed by atoms with Gasteiger partial charge in [-0.05, 0) is 50.6 Å². The Morgan fingerprint density at radius 3 is 2.31 bits per heavy atom. The zero-order valence-corrected chi connectivity index (χ0v) is 18.1. The zero-order valence-electron chi connectivity index (χ0n) is 17.3. The number of hydrogen-bond acceptors (Lipinski definition) is 5. The van der Waals surface area contributed by atoms with Crippen LogP contribution in [0.5, 0.6) is 17.2 Å².